The van der Waals surface area contributed by atoms with Gasteiger partial charge in [-0.05, 0) is 48.5 Å². The Morgan fingerprint density at radius 3 is 2.23 bits per heavy atom. The molecule has 0 heterocycles. The second-order valence-electron chi connectivity index (χ2n) is 4.59. The Morgan fingerprint density at radius 1 is 1.09 bits per heavy atom. The van der Waals surface area contributed by atoms with Crippen molar-refractivity contribution >= 4 is 37.4 Å². The molecule has 0 saturated heterocycles. The molecular formula is C15H14BrNO4S. The number of amides is 1. The molecule has 2 aromatic rings. The summed E-state index contributed by atoms with van der Waals surface area (Å²) in [6.07, 6.45) is 1.13. The van der Waals surface area contributed by atoms with Gasteiger partial charge < -0.3 is 10.1 Å². The predicted octanol–water partition coefficient (Wildman–Crippen LogP) is 2.87. The number of halogens is 1. The average molecular weight is 384 g/mol. The van der Waals surface area contributed by atoms with Gasteiger partial charge in [0.25, 0.3) is 5.91 Å². The summed E-state index contributed by atoms with van der Waals surface area (Å²) in [4.78, 5) is 12.0. The third kappa shape index (κ3) is 4.85. The number of sulfone groups is 1. The molecule has 7 heteroatoms. The molecule has 1 N–H and O–H groups in total. The highest BCUT2D eigenvalue weighted by molar-refractivity contribution is 9.10. The van der Waals surface area contributed by atoms with Gasteiger partial charge in [-0.25, -0.2) is 8.42 Å². The normalized spacial score (nSPS) is 11.0. The number of rotatable bonds is 5. The van der Waals surface area contributed by atoms with Crippen LogP contribution >= 0.6 is 15.9 Å². The summed E-state index contributed by atoms with van der Waals surface area (Å²) >= 11 is 3.31. The number of nitrogens with one attached hydrogen (secondary N) is 1. The third-order valence-electron chi connectivity index (χ3n) is 2.75. The molecular weight excluding hydrogens is 370 g/mol. The summed E-state index contributed by atoms with van der Waals surface area (Å²) < 4.78 is 28.9. The highest BCUT2D eigenvalue weighted by atomic mass is 79.9. The number of carbonyl (C=O) groups excluding carboxylic acids is 1. The molecule has 22 heavy (non-hydrogen) atoms. The minimum atomic E-state index is -3.23. The van der Waals surface area contributed by atoms with Crippen molar-refractivity contribution in [1.82, 2.24) is 0 Å². The maximum atomic E-state index is 11.8. The zero-order valence-corrected chi connectivity index (χ0v) is 14.1. The first-order valence-corrected chi connectivity index (χ1v) is 9.01. The van der Waals surface area contributed by atoms with E-state index in [9.17, 15) is 13.2 Å². The van der Waals surface area contributed by atoms with Gasteiger partial charge in [-0.15, -0.1) is 0 Å². The van der Waals surface area contributed by atoms with Gasteiger partial charge in [0.05, 0.1) is 4.90 Å². The Balaban J connectivity index is 1.89. The highest BCUT2D eigenvalue weighted by Gasteiger charge is 2.08. The van der Waals surface area contributed by atoms with E-state index in [1.54, 1.807) is 12.1 Å². The van der Waals surface area contributed by atoms with Crippen molar-refractivity contribution in [2.24, 2.45) is 0 Å². The molecule has 5 nitrogen and oxygen atoms in total. The van der Waals surface area contributed by atoms with Gasteiger partial charge in [-0.3, -0.25) is 4.79 Å². The topological polar surface area (TPSA) is 72.5 Å². The van der Waals surface area contributed by atoms with Crippen LogP contribution in [0, 0.1) is 0 Å². The largest absolute Gasteiger partial charge is 0.484 e. The Labute approximate surface area is 137 Å². The molecule has 1 amide bonds. The van der Waals surface area contributed by atoms with Crippen LogP contribution < -0.4 is 10.1 Å². The average Bonchev–Trinajstić information content (AvgIpc) is 2.47. The monoisotopic (exact) mass is 383 g/mol. The molecule has 0 aromatic heterocycles. The van der Waals surface area contributed by atoms with Crippen LogP contribution in [0.15, 0.2) is 57.9 Å². The second-order valence-corrected chi connectivity index (χ2v) is 7.52. The minimum absolute atomic E-state index is 0.158. The quantitative estimate of drug-likeness (QED) is 0.861. The van der Waals surface area contributed by atoms with Crippen LogP contribution in [0.4, 0.5) is 5.69 Å². The molecule has 0 aliphatic heterocycles. The first kappa shape index (κ1) is 16.5. The summed E-state index contributed by atoms with van der Waals surface area (Å²) in [7, 11) is -3.23. The van der Waals surface area contributed by atoms with Crippen molar-refractivity contribution in [3.05, 3.63) is 53.0 Å². The third-order valence-corrected chi connectivity index (χ3v) is 4.41. The van der Waals surface area contributed by atoms with Crippen LogP contribution in [0.5, 0.6) is 5.75 Å². The van der Waals surface area contributed by atoms with Crippen LogP contribution in [0.1, 0.15) is 0 Å². The van der Waals surface area contributed by atoms with Crippen molar-refractivity contribution in [3.63, 3.8) is 0 Å². The fourth-order valence-electron chi connectivity index (χ4n) is 1.66. The second kappa shape index (κ2) is 6.93. The minimum Gasteiger partial charge on any atom is -0.484 e. The summed E-state index contributed by atoms with van der Waals surface area (Å²) in [5.74, 6) is 0.132. The summed E-state index contributed by atoms with van der Waals surface area (Å²) in [5.41, 5.74) is 0.671. The van der Waals surface area contributed by atoms with E-state index in [0.29, 0.717) is 11.4 Å². The molecule has 0 radical (unpaired) electrons. The smallest absolute Gasteiger partial charge is 0.262 e. The van der Waals surface area contributed by atoms with Crippen LogP contribution in [-0.4, -0.2) is 27.2 Å². The van der Waals surface area contributed by atoms with Gasteiger partial charge in [0.1, 0.15) is 5.75 Å². The van der Waals surface area contributed by atoms with Crippen molar-refractivity contribution in [2.75, 3.05) is 18.2 Å². The summed E-state index contributed by atoms with van der Waals surface area (Å²) in [6.45, 7) is -0.158. The van der Waals surface area contributed by atoms with Crippen molar-refractivity contribution in [3.8, 4) is 5.75 Å². The van der Waals surface area contributed by atoms with Gasteiger partial charge >= 0.3 is 0 Å². The fourth-order valence-corrected chi connectivity index (χ4v) is 2.56. The molecule has 0 aliphatic carbocycles. The highest BCUT2D eigenvalue weighted by Crippen LogP contribution is 2.16. The van der Waals surface area contributed by atoms with Crippen LogP contribution in [-0.2, 0) is 14.6 Å². The van der Waals surface area contributed by atoms with Crippen molar-refractivity contribution < 1.29 is 17.9 Å². The Hall–Kier alpha value is -1.86. The maximum Gasteiger partial charge on any atom is 0.262 e. The van der Waals surface area contributed by atoms with Gasteiger partial charge in [-0.1, -0.05) is 15.9 Å². The molecule has 0 spiro atoms. The number of hydrogen-bond donors (Lipinski definition) is 1. The van der Waals surface area contributed by atoms with Crippen LogP contribution in [0.25, 0.3) is 0 Å². The lowest BCUT2D eigenvalue weighted by Gasteiger charge is -2.08. The molecule has 116 valence electrons. The van der Waals surface area contributed by atoms with E-state index in [-0.39, 0.29) is 17.4 Å². The van der Waals surface area contributed by atoms with Gasteiger partial charge in [0.2, 0.25) is 0 Å². The lowest BCUT2D eigenvalue weighted by Crippen LogP contribution is -2.20. The van der Waals surface area contributed by atoms with E-state index in [1.165, 1.54) is 24.3 Å². The van der Waals surface area contributed by atoms with E-state index in [0.717, 1.165) is 10.7 Å². The molecule has 0 unspecified atom stereocenters. The van der Waals surface area contributed by atoms with Gasteiger partial charge in [-0.2, -0.15) is 0 Å². The fraction of sp³-hybridized carbons (Fsp3) is 0.133. The van der Waals surface area contributed by atoms with E-state index in [4.69, 9.17) is 4.74 Å². The van der Waals surface area contributed by atoms with Crippen LogP contribution in [0.2, 0.25) is 0 Å². The lowest BCUT2D eigenvalue weighted by molar-refractivity contribution is -0.118. The molecule has 0 saturated carbocycles. The molecule has 0 bridgehead atoms. The molecule has 0 aliphatic rings. The van der Waals surface area contributed by atoms with E-state index >= 15 is 0 Å². The van der Waals surface area contributed by atoms with Gasteiger partial charge in [0.15, 0.2) is 16.4 Å². The molecule has 0 fully saturated rings. The van der Waals surface area contributed by atoms with Crippen LogP contribution in [0.3, 0.4) is 0 Å². The van der Waals surface area contributed by atoms with E-state index < -0.39 is 9.84 Å². The predicted molar refractivity (Wildman–Crippen MR) is 87.8 cm³/mol. The number of hydrogen-bond acceptors (Lipinski definition) is 4. The van der Waals surface area contributed by atoms with Gasteiger partial charge in [0, 0.05) is 16.4 Å². The lowest BCUT2D eigenvalue weighted by atomic mass is 10.3. The first-order valence-electron chi connectivity index (χ1n) is 6.33. The SMILES string of the molecule is CS(=O)(=O)c1ccc(OCC(=O)Nc2ccc(Br)cc2)cc1. The standard InChI is InChI=1S/C15H14BrNO4S/c1-22(19,20)14-8-6-13(7-9-14)21-10-15(18)17-12-4-2-11(16)3-5-12/h2-9H,10H2,1H3,(H,17,18). The van der Waals surface area contributed by atoms with E-state index in [2.05, 4.69) is 21.2 Å². The van der Waals surface area contributed by atoms with E-state index in [1.807, 2.05) is 12.1 Å². The maximum absolute atomic E-state index is 11.8. The zero-order valence-electron chi connectivity index (χ0n) is 11.7. The van der Waals surface area contributed by atoms with Crippen molar-refractivity contribution in [2.45, 2.75) is 4.90 Å². The molecule has 2 rings (SSSR count). The Morgan fingerprint density at radius 2 is 1.68 bits per heavy atom. The number of anilines is 1. The number of carbonyl (C=O) groups is 1. The number of benzene rings is 2. The molecule has 0 atom stereocenters. The van der Waals surface area contributed by atoms with Crippen molar-refractivity contribution in [1.29, 1.82) is 0 Å². The zero-order chi connectivity index (χ0) is 16.2. The summed E-state index contributed by atoms with van der Waals surface area (Å²) in [6, 6.07) is 13.1. The Kier molecular flexibility index (Phi) is 5.20. The number of ether oxygens (including phenoxy) is 1. The first-order chi connectivity index (χ1) is 10.3. The summed E-state index contributed by atoms with van der Waals surface area (Å²) in [5, 5.41) is 2.69. The Bertz CT molecular complexity index is 755. The molecule has 2 aromatic carbocycles.